The number of amides is 2. The van der Waals surface area contributed by atoms with Crippen LogP contribution in [0, 0.1) is 0 Å². The lowest BCUT2D eigenvalue weighted by Crippen LogP contribution is -2.54. The Kier molecular flexibility index (Phi) is 4.65. The molecule has 8 heteroatoms. The van der Waals surface area contributed by atoms with Crippen molar-refractivity contribution < 1.29 is 22.8 Å². The molecule has 0 fully saturated rings. The highest BCUT2D eigenvalue weighted by molar-refractivity contribution is 6.30. The maximum absolute atomic E-state index is 12.7. The molecule has 22 heavy (non-hydrogen) atoms. The molecule has 2 amide bonds. The average molecular weight is 335 g/mol. The second kappa shape index (κ2) is 6.16. The lowest BCUT2D eigenvalue weighted by molar-refractivity contribution is -0.170. The summed E-state index contributed by atoms with van der Waals surface area (Å²) in [6.45, 7) is 1.22. The van der Waals surface area contributed by atoms with Crippen molar-refractivity contribution in [2.24, 2.45) is 0 Å². The highest BCUT2D eigenvalue weighted by Gasteiger charge is 2.45. The Morgan fingerprint density at radius 1 is 1.36 bits per heavy atom. The van der Waals surface area contributed by atoms with Gasteiger partial charge in [-0.25, -0.2) is 0 Å². The van der Waals surface area contributed by atoms with Crippen LogP contribution in [0.5, 0.6) is 0 Å². The second-order valence-corrected chi connectivity index (χ2v) is 5.72. The Bertz CT molecular complexity index is 590. The van der Waals surface area contributed by atoms with Crippen LogP contribution in [0.2, 0.25) is 0 Å². The van der Waals surface area contributed by atoms with Crippen LogP contribution >= 0.6 is 11.6 Å². The number of benzene rings is 1. The van der Waals surface area contributed by atoms with Crippen molar-refractivity contribution in [3.8, 4) is 0 Å². The highest BCUT2D eigenvalue weighted by atomic mass is 35.5. The molecule has 2 unspecified atom stereocenters. The van der Waals surface area contributed by atoms with Crippen LogP contribution in [0.3, 0.4) is 0 Å². The molecule has 1 heterocycles. The van der Waals surface area contributed by atoms with E-state index in [0.29, 0.717) is 16.9 Å². The van der Waals surface area contributed by atoms with E-state index in [9.17, 15) is 22.8 Å². The Balaban J connectivity index is 2.29. The van der Waals surface area contributed by atoms with E-state index in [2.05, 4.69) is 5.32 Å². The van der Waals surface area contributed by atoms with E-state index >= 15 is 0 Å². The number of anilines is 1. The van der Waals surface area contributed by atoms with Gasteiger partial charge < -0.3 is 10.2 Å². The number of alkyl halides is 4. The van der Waals surface area contributed by atoms with Gasteiger partial charge in [0, 0.05) is 12.2 Å². The van der Waals surface area contributed by atoms with Crippen LogP contribution < -0.4 is 10.2 Å². The van der Waals surface area contributed by atoms with Gasteiger partial charge in [0.25, 0.3) is 0 Å². The number of nitrogens with one attached hydrogen (secondary N) is 1. The van der Waals surface area contributed by atoms with Crippen molar-refractivity contribution >= 4 is 29.1 Å². The molecule has 1 aliphatic heterocycles. The molecule has 0 saturated heterocycles. The Morgan fingerprint density at radius 3 is 2.59 bits per heavy atom. The van der Waals surface area contributed by atoms with Gasteiger partial charge in [-0.15, -0.1) is 11.6 Å². The normalized spacial score (nSPS) is 19.3. The predicted molar refractivity (Wildman–Crippen MR) is 75.8 cm³/mol. The Morgan fingerprint density at radius 2 is 2.00 bits per heavy atom. The van der Waals surface area contributed by atoms with Gasteiger partial charge in [0.05, 0.1) is 6.04 Å². The van der Waals surface area contributed by atoms with Gasteiger partial charge in [-0.2, -0.15) is 13.2 Å². The second-order valence-electron chi connectivity index (χ2n) is 5.07. The summed E-state index contributed by atoms with van der Waals surface area (Å²) in [5, 5.41) is 1.76. The van der Waals surface area contributed by atoms with Crippen molar-refractivity contribution in [2.45, 2.75) is 30.9 Å². The number of para-hydroxylation sites is 1. The first-order valence-electron chi connectivity index (χ1n) is 6.61. The van der Waals surface area contributed by atoms with Crippen molar-refractivity contribution in [1.29, 1.82) is 0 Å². The quantitative estimate of drug-likeness (QED) is 0.843. The van der Waals surface area contributed by atoms with E-state index in [1.54, 1.807) is 18.2 Å². The standard InChI is InChI=1S/C14H14ClF3N2O2/c1-8(15)12(21)19-10-6-9-4-2-3-5-11(9)20(7-10)13(22)14(16,17)18/h2-5,8,10H,6-7H2,1H3,(H,19,21). The van der Waals surface area contributed by atoms with E-state index < -0.39 is 29.4 Å². The van der Waals surface area contributed by atoms with E-state index in [1.807, 2.05) is 0 Å². The summed E-state index contributed by atoms with van der Waals surface area (Å²) < 4.78 is 38.2. The van der Waals surface area contributed by atoms with E-state index in [4.69, 9.17) is 11.6 Å². The molecule has 0 radical (unpaired) electrons. The molecule has 0 bridgehead atoms. The van der Waals surface area contributed by atoms with Gasteiger partial charge in [0.1, 0.15) is 5.38 Å². The molecule has 0 saturated carbocycles. The molecule has 1 aromatic rings. The van der Waals surface area contributed by atoms with Crippen LogP contribution in [0.4, 0.5) is 18.9 Å². The zero-order chi connectivity index (χ0) is 16.5. The summed E-state index contributed by atoms with van der Waals surface area (Å²) in [6, 6.07) is 5.71. The minimum atomic E-state index is -4.97. The monoisotopic (exact) mass is 334 g/mol. The molecule has 0 spiro atoms. The van der Waals surface area contributed by atoms with Gasteiger partial charge in [-0.05, 0) is 25.0 Å². The SMILES string of the molecule is CC(Cl)C(=O)NC1Cc2ccccc2N(C(=O)C(F)(F)F)C1. The van der Waals surface area contributed by atoms with Crippen molar-refractivity contribution in [1.82, 2.24) is 5.32 Å². The van der Waals surface area contributed by atoms with Gasteiger partial charge >= 0.3 is 12.1 Å². The first kappa shape index (κ1) is 16.6. The van der Waals surface area contributed by atoms with Crippen LogP contribution in [0.25, 0.3) is 0 Å². The summed E-state index contributed by atoms with van der Waals surface area (Å²) in [5.41, 5.74) is 0.785. The molecular formula is C14H14ClF3N2O2. The number of nitrogens with zero attached hydrogens (tertiary/aromatic N) is 1. The molecule has 4 nitrogen and oxygen atoms in total. The molecule has 0 aromatic heterocycles. The number of hydrogen-bond donors (Lipinski definition) is 1. The molecule has 2 atom stereocenters. The number of hydrogen-bond acceptors (Lipinski definition) is 2. The number of carbonyl (C=O) groups excluding carboxylic acids is 2. The van der Waals surface area contributed by atoms with Crippen LogP contribution in [-0.2, 0) is 16.0 Å². The van der Waals surface area contributed by atoms with E-state index in [1.165, 1.54) is 13.0 Å². The highest BCUT2D eigenvalue weighted by Crippen LogP contribution is 2.31. The zero-order valence-electron chi connectivity index (χ0n) is 11.7. The third-order valence-electron chi connectivity index (χ3n) is 3.35. The van der Waals surface area contributed by atoms with Crippen LogP contribution in [0.15, 0.2) is 24.3 Å². The van der Waals surface area contributed by atoms with Crippen molar-refractivity contribution in [3.63, 3.8) is 0 Å². The number of fused-ring (bicyclic) bond motifs is 1. The molecule has 1 aliphatic rings. The molecular weight excluding hydrogens is 321 g/mol. The lowest BCUT2D eigenvalue weighted by Gasteiger charge is -2.35. The minimum absolute atomic E-state index is 0.217. The van der Waals surface area contributed by atoms with Crippen LogP contribution in [0.1, 0.15) is 12.5 Å². The average Bonchev–Trinajstić information content (AvgIpc) is 2.44. The largest absolute Gasteiger partial charge is 0.471 e. The summed E-state index contributed by atoms with van der Waals surface area (Å²) in [6.07, 6.45) is -4.63. The fourth-order valence-corrected chi connectivity index (χ4v) is 2.42. The molecule has 120 valence electrons. The molecule has 2 rings (SSSR count). The Labute approximate surface area is 130 Å². The topological polar surface area (TPSA) is 49.4 Å². The smallest absolute Gasteiger partial charge is 0.350 e. The predicted octanol–water partition coefficient (Wildman–Crippen LogP) is 2.25. The first-order chi connectivity index (χ1) is 10.2. The van der Waals surface area contributed by atoms with Gasteiger partial charge in [-0.1, -0.05) is 18.2 Å². The molecule has 0 aliphatic carbocycles. The summed E-state index contributed by atoms with van der Waals surface area (Å²) in [5.74, 6) is -2.43. The number of halogens is 4. The summed E-state index contributed by atoms with van der Waals surface area (Å²) in [7, 11) is 0. The van der Waals surface area contributed by atoms with E-state index in [0.717, 1.165) is 0 Å². The van der Waals surface area contributed by atoms with Gasteiger partial charge in [0.15, 0.2) is 0 Å². The third-order valence-corrected chi connectivity index (χ3v) is 3.55. The van der Waals surface area contributed by atoms with Crippen LogP contribution in [-0.4, -0.2) is 36.0 Å². The maximum atomic E-state index is 12.7. The fraction of sp³-hybridized carbons (Fsp3) is 0.429. The molecule has 1 aromatic carbocycles. The number of rotatable bonds is 2. The summed E-state index contributed by atoms with van der Waals surface area (Å²) >= 11 is 5.65. The maximum Gasteiger partial charge on any atom is 0.471 e. The van der Waals surface area contributed by atoms with Crippen molar-refractivity contribution in [3.05, 3.63) is 29.8 Å². The fourth-order valence-electron chi connectivity index (χ4n) is 2.35. The van der Waals surface area contributed by atoms with E-state index in [-0.39, 0.29) is 12.2 Å². The lowest BCUT2D eigenvalue weighted by atomic mass is 9.97. The minimum Gasteiger partial charge on any atom is -0.350 e. The number of carbonyl (C=O) groups is 2. The van der Waals surface area contributed by atoms with Crippen molar-refractivity contribution in [2.75, 3.05) is 11.4 Å². The third kappa shape index (κ3) is 3.52. The van der Waals surface area contributed by atoms with Gasteiger partial charge in [-0.3, -0.25) is 9.59 Å². The Hall–Kier alpha value is -1.76. The molecule has 1 N–H and O–H groups in total. The van der Waals surface area contributed by atoms with Gasteiger partial charge in [0.2, 0.25) is 5.91 Å². The zero-order valence-corrected chi connectivity index (χ0v) is 12.4. The first-order valence-corrected chi connectivity index (χ1v) is 7.05. The summed E-state index contributed by atoms with van der Waals surface area (Å²) in [4.78, 5) is 23.9.